The molecule has 0 atom stereocenters. The average molecular weight is 421 g/mol. The highest BCUT2D eigenvalue weighted by atomic mass is 19.1. The number of fused-ring (bicyclic) bond motifs is 1. The molecule has 2 heterocycles. The zero-order valence-corrected chi connectivity index (χ0v) is 16.8. The largest absolute Gasteiger partial charge is 0.332 e. The minimum absolute atomic E-state index is 0.0545. The SMILES string of the molecule is CCn1cc2c(n1)c(=O)n(Cc1ccccc1)c(=O)n2CC(=O)Nc1cccc(F)c1. The summed E-state index contributed by atoms with van der Waals surface area (Å²) in [6.45, 7) is 2.05. The number of nitrogens with one attached hydrogen (secondary N) is 1. The molecule has 0 unspecified atom stereocenters. The van der Waals surface area contributed by atoms with Crippen LogP contribution in [-0.4, -0.2) is 24.8 Å². The van der Waals surface area contributed by atoms with Gasteiger partial charge in [0, 0.05) is 18.4 Å². The molecule has 4 rings (SSSR count). The first-order chi connectivity index (χ1) is 15.0. The number of anilines is 1. The van der Waals surface area contributed by atoms with Gasteiger partial charge in [0.25, 0.3) is 5.56 Å². The first-order valence-corrected chi connectivity index (χ1v) is 9.76. The van der Waals surface area contributed by atoms with Gasteiger partial charge in [-0.3, -0.25) is 23.4 Å². The van der Waals surface area contributed by atoms with Crippen LogP contribution < -0.4 is 16.6 Å². The van der Waals surface area contributed by atoms with Gasteiger partial charge in [0.05, 0.1) is 12.1 Å². The number of halogens is 1. The zero-order valence-electron chi connectivity index (χ0n) is 16.8. The van der Waals surface area contributed by atoms with Crippen molar-refractivity contribution in [3.05, 3.63) is 93.0 Å². The van der Waals surface area contributed by atoms with Gasteiger partial charge in [-0.05, 0) is 30.7 Å². The zero-order chi connectivity index (χ0) is 22.0. The Labute approximate surface area is 176 Å². The van der Waals surface area contributed by atoms with E-state index >= 15 is 0 Å². The highest BCUT2D eigenvalue weighted by Crippen LogP contribution is 2.11. The van der Waals surface area contributed by atoms with Crippen molar-refractivity contribution >= 4 is 22.6 Å². The van der Waals surface area contributed by atoms with Crippen molar-refractivity contribution in [2.45, 2.75) is 26.6 Å². The lowest BCUT2D eigenvalue weighted by Crippen LogP contribution is -2.41. The second kappa shape index (κ2) is 8.39. The van der Waals surface area contributed by atoms with E-state index < -0.39 is 23.0 Å². The molecule has 0 aliphatic rings. The van der Waals surface area contributed by atoms with Gasteiger partial charge in [0.1, 0.15) is 12.4 Å². The molecule has 0 saturated heterocycles. The van der Waals surface area contributed by atoms with E-state index in [1.807, 2.05) is 37.3 Å². The molecule has 1 N–H and O–H groups in total. The Balaban J connectivity index is 1.77. The van der Waals surface area contributed by atoms with E-state index in [1.54, 1.807) is 16.9 Å². The first kappa shape index (κ1) is 20.3. The number of nitrogens with zero attached hydrogens (tertiary/aromatic N) is 4. The monoisotopic (exact) mass is 421 g/mol. The van der Waals surface area contributed by atoms with E-state index in [-0.39, 0.29) is 29.8 Å². The third-order valence-corrected chi connectivity index (χ3v) is 4.86. The van der Waals surface area contributed by atoms with Crippen LogP contribution in [0.1, 0.15) is 12.5 Å². The van der Waals surface area contributed by atoms with Crippen LogP contribution in [0, 0.1) is 5.82 Å². The lowest BCUT2D eigenvalue weighted by atomic mass is 10.2. The number of benzene rings is 2. The van der Waals surface area contributed by atoms with E-state index in [9.17, 15) is 18.8 Å². The molecular weight excluding hydrogens is 401 g/mol. The summed E-state index contributed by atoms with van der Waals surface area (Å²) in [4.78, 5) is 38.8. The van der Waals surface area contributed by atoms with Gasteiger partial charge in [0.15, 0.2) is 5.52 Å². The first-order valence-electron chi connectivity index (χ1n) is 9.76. The molecule has 8 nitrogen and oxygen atoms in total. The molecule has 0 saturated carbocycles. The van der Waals surface area contributed by atoms with E-state index in [1.165, 1.54) is 22.8 Å². The number of aromatic nitrogens is 4. The Morgan fingerprint density at radius 1 is 1.06 bits per heavy atom. The maximum Gasteiger partial charge on any atom is 0.332 e. The fourth-order valence-corrected chi connectivity index (χ4v) is 3.35. The molecule has 0 aliphatic heterocycles. The smallest absolute Gasteiger partial charge is 0.324 e. The van der Waals surface area contributed by atoms with Crippen molar-refractivity contribution < 1.29 is 9.18 Å². The molecule has 0 bridgehead atoms. The highest BCUT2D eigenvalue weighted by Gasteiger charge is 2.18. The van der Waals surface area contributed by atoms with Crippen LogP contribution in [0.3, 0.4) is 0 Å². The van der Waals surface area contributed by atoms with Crippen LogP contribution >= 0.6 is 0 Å². The van der Waals surface area contributed by atoms with Crippen LogP contribution in [0.4, 0.5) is 10.1 Å². The summed E-state index contributed by atoms with van der Waals surface area (Å²) >= 11 is 0. The fraction of sp³-hybridized carbons (Fsp3) is 0.182. The Kier molecular flexibility index (Phi) is 5.48. The van der Waals surface area contributed by atoms with Crippen LogP contribution in [-0.2, 0) is 24.4 Å². The predicted octanol–water partition coefficient (Wildman–Crippen LogP) is 2.21. The van der Waals surface area contributed by atoms with Gasteiger partial charge in [-0.25, -0.2) is 9.18 Å². The second-order valence-electron chi connectivity index (χ2n) is 7.02. The molecule has 1 amide bonds. The maximum atomic E-state index is 13.4. The number of hydrogen-bond donors (Lipinski definition) is 1. The highest BCUT2D eigenvalue weighted by molar-refractivity contribution is 5.91. The minimum Gasteiger partial charge on any atom is -0.324 e. The third-order valence-electron chi connectivity index (χ3n) is 4.86. The van der Waals surface area contributed by atoms with Crippen molar-refractivity contribution in [1.29, 1.82) is 0 Å². The molecule has 0 radical (unpaired) electrons. The predicted molar refractivity (Wildman–Crippen MR) is 115 cm³/mol. The topological polar surface area (TPSA) is 90.9 Å². The number of hydrogen-bond acceptors (Lipinski definition) is 4. The molecule has 0 aliphatic carbocycles. The van der Waals surface area contributed by atoms with Gasteiger partial charge in [-0.1, -0.05) is 36.4 Å². The molecule has 31 heavy (non-hydrogen) atoms. The fourth-order valence-electron chi connectivity index (χ4n) is 3.35. The van der Waals surface area contributed by atoms with Crippen molar-refractivity contribution in [2.75, 3.05) is 5.32 Å². The maximum absolute atomic E-state index is 13.4. The Morgan fingerprint density at radius 2 is 1.84 bits per heavy atom. The van der Waals surface area contributed by atoms with E-state index in [2.05, 4.69) is 10.4 Å². The van der Waals surface area contributed by atoms with Crippen LogP contribution in [0.15, 0.2) is 70.4 Å². The quantitative estimate of drug-likeness (QED) is 0.517. The number of rotatable bonds is 6. The number of carbonyl (C=O) groups excluding carboxylic acids is 1. The van der Waals surface area contributed by atoms with E-state index in [0.29, 0.717) is 6.54 Å². The molecule has 2 aromatic heterocycles. The van der Waals surface area contributed by atoms with Gasteiger partial charge in [-0.2, -0.15) is 5.10 Å². The molecular formula is C22H20FN5O3. The van der Waals surface area contributed by atoms with Gasteiger partial charge >= 0.3 is 5.69 Å². The Bertz CT molecular complexity index is 1370. The summed E-state index contributed by atoms with van der Waals surface area (Å²) in [5.74, 6) is -1.01. The summed E-state index contributed by atoms with van der Waals surface area (Å²) in [5, 5.41) is 6.85. The number of amides is 1. The van der Waals surface area contributed by atoms with Crippen molar-refractivity contribution in [3.8, 4) is 0 Å². The van der Waals surface area contributed by atoms with Crippen molar-refractivity contribution in [1.82, 2.24) is 18.9 Å². The van der Waals surface area contributed by atoms with Crippen molar-refractivity contribution in [3.63, 3.8) is 0 Å². The lowest BCUT2D eigenvalue weighted by Gasteiger charge is -2.12. The molecule has 9 heteroatoms. The summed E-state index contributed by atoms with van der Waals surface area (Å²) in [5.41, 5.74) is 0.290. The van der Waals surface area contributed by atoms with Gasteiger partial charge in [-0.15, -0.1) is 0 Å². The standard InChI is InChI=1S/C22H20FN5O3/c1-2-26-13-18-20(25-26)21(30)28(12-15-7-4-3-5-8-15)22(31)27(18)14-19(29)24-17-10-6-9-16(23)11-17/h3-11,13H,2,12,14H2,1H3,(H,24,29). The summed E-state index contributed by atoms with van der Waals surface area (Å²) in [6.07, 6.45) is 1.57. The van der Waals surface area contributed by atoms with E-state index in [0.717, 1.165) is 10.1 Å². The summed E-state index contributed by atoms with van der Waals surface area (Å²) < 4.78 is 17.2. The average Bonchev–Trinajstić information content (AvgIpc) is 3.20. The molecule has 158 valence electrons. The second-order valence-corrected chi connectivity index (χ2v) is 7.02. The summed E-state index contributed by atoms with van der Waals surface area (Å²) in [6, 6.07) is 14.6. The molecule has 2 aromatic carbocycles. The normalized spacial score (nSPS) is 11.0. The summed E-state index contributed by atoms with van der Waals surface area (Å²) in [7, 11) is 0. The minimum atomic E-state index is -0.619. The van der Waals surface area contributed by atoms with Crippen LogP contribution in [0.2, 0.25) is 0 Å². The van der Waals surface area contributed by atoms with Crippen LogP contribution in [0.25, 0.3) is 11.0 Å². The number of aryl methyl sites for hydroxylation is 1. The molecule has 4 aromatic rings. The van der Waals surface area contributed by atoms with Gasteiger partial charge in [0.2, 0.25) is 5.91 Å². The molecule has 0 spiro atoms. The third kappa shape index (κ3) is 4.16. The Morgan fingerprint density at radius 3 is 2.55 bits per heavy atom. The van der Waals surface area contributed by atoms with E-state index in [4.69, 9.17) is 0 Å². The number of carbonyl (C=O) groups is 1. The van der Waals surface area contributed by atoms with Crippen molar-refractivity contribution in [2.24, 2.45) is 0 Å². The lowest BCUT2D eigenvalue weighted by molar-refractivity contribution is -0.116. The Hall–Kier alpha value is -4.01. The molecule has 0 fully saturated rings. The van der Waals surface area contributed by atoms with Gasteiger partial charge < -0.3 is 5.32 Å². The van der Waals surface area contributed by atoms with Crippen LogP contribution in [0.5, 0.6) is 0 Å².